The van der Waals surface area contributed by atoms with E-state index in [1.165, 1.54) is 4.90 Å². The van der Waals surface area contributed by atoms with Gasteiger partial charge in [-0.1, -0.05) is 53.9 Å². The van der Waals surface area contributed by atoms with E-state index < -0.39 is 34.3 Å². The molecule has 0 aliphatic rings. The maximum atomic E-state index is 14.0. The van der Waals surface area contributed by atoms with Gasteiger partial charge in [0.15, 0.2) is 0 Å². The van der Waals surface area contributed by atoms with E-state index in [2.05, 4.69) is 5.32 Å². The van der Waals surface area contributed by atoms with Crippen LogP contribution in [0.3, 0.4) is 0 Å². The molecule has 2 amide bonds. The van der Waals surface area contributed by atoms with Gasteiger partial charge in [-0.25, -0.2) is 12.8 Å². The molecule has 11 heteroatoms. The van der Waals surface area contributed by atoms with E-state index in [1.807, 2.05) is 6.92 Å². The van der Waals surface area contributed by atoms with Crippen LogP contribution in [0.1, 0.15) is 31.4 Å². The number of hydrogen-bond donors (Lipinski definition) is 1. The number of likely N-dealkylation sites (N-methyl/N-ethyl adjacent to an activating group) is 1. The van der Waals surface area contributed by atoms with Gasteiger partial charge in [0.05, 0.1) is 10.6 Å². The Balaban J connectivity index is 2.09. The zero-order valence-corrected chi connectivity index (χ0v) is 24.2. The Morgan fingerprint density at radius 3 is 2.08 bits per heavy atom. The van der Waals surface area contributed by atoms with Crippen LogP contribution in [0.5, 0.6) is 0 Å². The number of amides is 2. The predicted octanol–water partition coefficient (Wildman–Crippen LogP) is 5.58. The van der Waals surface area contributed by atoms with Gasteiger partial charge in [0.2, 0.25) is 11.8 Å². The average Bonchev–Trinajstić information content (AvgIpc) is 2.89. The Bertz CT molecular complexity index is 1400. The second kappa shape index (κ2) is 13.3. The second-order valence-electron chi connectivity index (χ2n) is 8.84. The molecule has 0 heterocycles. The first-order valence-electron chi connectivity index (χ1n) is 12.3. The number of hydrogen-bond acceptors (Lipinski definition) is 4. The first-order valence-corrected chi connectivity index (χ1v) is 14.5. The summed E-state index contributed by atoms with van der Waals surface area (Å²) in [5.41, 5.74) is 1.56. The van der Waals surface area contributed by atoms with Crippen molar-refractivity contribution >= 4 is 50.7 Å². The molecule has 0 aromatic heterocycles. The van der Waals surface area contributed by atoms with Crippen LogP contribution in [0, 0.1) is 12.7 Å². The molecule has 7 nitrogen and oxygen atoms in total. The van der Waals surface area contributed by atoms with E-state index in [-0.39, 0.29) is 29.5 Å². The van der Waals surface area contributed by atoms with E-state index in [1.54, 1.807) is 56.3 Å². The summed E-state index contributed by atoms with van der Waals surface area (Å²) in [4.78, 5) is 28.0. The molecule has 208 valence electrons. The Kier molecular flexibility index (Phi) is 10.4. The van der Waals surface area contributed by atoms with Crippen LogP contribution >= 0.6 is 23.2 Å². The number of carbonyl (C=O) groups excluding carboxylic acids is 2. The third-order valence-electron chi connectivity index (χ3n) is 6.13. The van der Waals surface area contributed by atoms with Crippen LogP contribution in [0.25, 0.3) is 0 Å². The second-order valence-corrected chi connectivity index (χ2v) is 11.5. The van der Waals surface area contributed by atoms with Crippen LogP contribution < -0.4 is 9.62 Å². The minimum atomic E-state index is -4.30. The summed E-state index contributed by atoms with van der Waals surface area (Å²) in [7, 11) is -4.30. The molecule has 0 unspecified atom stereocenters. The minimum Gasteiger partial charge on any atom is -0.355 e. The molecular weight excluding hydrogens is 564 g/mol. The summed E-state index contributed by atoms with van der Waals surface area (Å²) in [5.74, 6) is -1.63. The average molecular weight is 595 g/mol. The van der Waals surface area contributed by atoms with Crippen LogP contribution in [0.15, 0.2) is 71.6 Å². The molecule has 39 heavy (non-hydrogen) atoms. The zero-order valence-electron chi connectivity index (χ0n) is 21.8. The van der Waals surface area contributed by atoms with Crippen molar-refractivity contribution in [2.45, 2.75) is 44.7 Å². The van der Waals surface area contributed by atoms with Crippen molar-refractivity contribution in [1.82, 2.24) is 10.2 Å². The Hall–Kier alpha value is -3.14. The van der Waals surface area contributed by atoms with Crippen molar-refractivity contribution in [2.24, 2.45) is 0 Å². The molecule has 1 N–H and O–H groups in total. The Labute approximate surface area is 238 Å². The van der Waals surface area contributed by atoms with Crippen molar-refractivity contribution in [2.75, 3.05) is 17.4 Å². The minimum absolute atomic E-state index is 0.120. The lowest BCUT2D eigenvalue weighted by Crippen LogP contribution is -2.52. The van der Waals surface area contributed by atoms with E-state index in [0.29, 0.717) is 22.2 Å². The van der Waals surface area contributed by atoms with Crippen molar-refractivity contribution in [3.63, 3.8) is 0 Å². The van der Waals surface area contributed by atoms with E-state index in [4.69, 9.17) is 23.2 Å². The molecule has 0 radical (unpaired) electrons. The van der Waals surface area contributed by atoms with Gasteiger partial charge in [-0.05, 0) is 68.8 Å². The maximum Gasteiger partial charge on any atom is 0.264 e. The highest BCUT2D eigenvalue weighted by atomic mass is 35.5. The lowest BCUT2D eigenvalue weighted by molar-refractivity contribution is -0.140. The first kappa shape index (κ1) is 30.4. The van der Waals surface area contributed by atoms with Gasteiger partial charge >= 0.3 is 0 Å². The van der Waals surface area contributed by atoms with Crippen molar-refractivity contribution in [3.05, 3.63) is 93.7 Å². The molecule has 3 aromatic carbocycles. The van der Waals surface area contributed by atoms with Gasteiger partial charge in [-0.3, -0.25) is 13.9 Å². The molecule has 1 atom stereocenters. The van der Waals surface area contributed by atoms with Gasteiger partial charge in [-0.15, -0.1) is 0 Å². The molecule has 0 bridgehead atoms. The highest BCUT2D eigenvalue weighted by Crippen LogP contribution is 2.29. The number of rotatable bonds is 11. The Morgan fingerprint density at radius 2 is 1.54 bits per heavy atom. The maximum absolute atomic E-state index is 14.0. The van der Waals surface area contributed by atoms with Crippen LogP contribution in [-0.4, -0.2) is 44.3 Å². The van der Waals surface area contributed by atoms with Crippen molar-refractivity contribution in [3.8, 4) is 0 Å². The lowest BCUT2D eigenvalue weighted by atomic mass is 10.1. The number of nitrogens with one attached hydrogen (secondary N) is 1. The van der Waals surface area contributed by atoms with Gasteiger partial charge in [0, 0.05) is 28.7 Å². The van der Waals surface area contributed by atoms with E-state index in [0.717, 1.165) is 34.1 Å². The van der Waals surface area contributed by atoms with Gasteiger partial charge in [0.25, 0.3) is 10.0 Å². The molecule has 0 fully saturated rings. The normalized spacial score (nSPS) is 12.1. The Morgan fingerprint density at radius 1 is 0.949 bits per heavy atom. The number of carbonyl (C=O) groups is 2. The van der Waals surface area contributed by atoms with Crippen LogP contribution in [-0.2, 0) is 26.2 Å². The predicted molar refractivity (Wildman–Crippen MR) is 152 cm³/mol. The fraction of sp³-hybridized carbons (Fsp3) is 0.286. The fourth-order valence-electron chi connectivity index (χ4n) is 4.04. The number of anilines is 1. The number of benzene rings is 3. The summed E-state index contributed by atoms with van der Waals surface area (Å²) in [5, 5.41) is 3.35. The van der Waals surface area contributed by atoms with Gasteiger partial charge in [-0.2, -0.15) is 0 Å². The molecular formula is C28H30Cl2FN3O4S. The summed E-state index contributed by atoms with van der Waals surface area (Å²) in [6.45, 7) is 4.96. The number of sulfonamides is 1. The highest BCUT2D eigenvalue weighted by Gasteiger charge is 2.34. The first-order chi connectivity index (χ1) is 18.5. The number of aryl methyl sites for hydroxylation is 1. The summed E-state index contributed by atoms with van der Waals surface area (Å²) in [6, 6.07) is 14.9. The third kappa shape index (κ3) is 7.29. The smallest absolute Gasteiger partial charge is 0.264 e. The van der Waals surface area contributed by atoms with Crippen molar-refractivity contribution in [1.29, 1.82) is 0 Å². The standard InChI is InChI=1S/C28H30Cl2FN3O4S/c1-4-26(28(36)32-5-2)33(17-23-24(29)7-6-8-25(23)30)27(35)18-34(21-13-9-19(3)10-14-21)39(37,38)22-15-11-20(31)12-16-22/h6-16,26H,4-5,17-18H2,1-3H3,(H,32,36)/t26-/m1/s1. The molecule has 0 saturated carbocycles. The quantitative estimate of drug-likeness (QED) is 0.314. The largest absolute Gasteiger partial charge is 0.355 e. The zero-order chi connectivity index (χ0) is 28.7. The molecule has 0 saturated heterocycles. The third-order valence-corrected chi connectivity index (χ3v) is 8.63. The molecule has 3 rings (SSSR count). The monoisotopic (exact) mass is 593 g/mol. The fourth-order valence-corrected chi connectivity index (χ4v) is 5.97. The topological polar surface area (TPSA) is 86.8 Å². The molecule has 0 spiro atoms. The summed E-state index contributed by atoms with van der Waals surface area (Å²) >= 11 is 12.8. The van der Waals surface area contributed by atoms with Gasteiger partial charge < -0.3 is 10.2 Å². The highest BCUT2D eigenvalue weighted by molar-refractivity contribution is 7.92. The van der Waals surface area contributed by atoms with Crippen LogP contribution in [0.4, 0.5) is 10.1 Å². The summed E-state index contributed by atoms with van der Waals surface area (Å²) in [6.07, 6.45) is 0.259. The molecule has 0 aliphatic carbocycles. The van der Waals surface area contributed by atoms with Crippen molar-refractivity contribution < 1.29 is 22.4 Å². The van der Waals surface area contributed by atoms with E-state index >= 15 is 0 Å². The molecule has 3 aromatic rings. The molecule has 0 aliphatic heterocycles. The lowest BCUT2D eigenvalue weighted by Gasteiger charge is -2.33. The van der Waals surface area contributed by atoms with Crippen LogP contribution in [0.2, 0.25) is 10.0 Å². The van der Waals surface area contributed by atoms with E-state index in [9.17, 15) is 22.4 Å². The van der Waals surface area contributed by atoms with Gasteiger partial charge in [0.1, 0.15) is 18.4 Å². The SMILES string of the molecule is CCNC(=O)[C@@H](CC)N(Cc1c(Cl)cccc1Cl)C(=O)CN(c1ccc(C)cc1)S(=O)(=O)c1ccc(F)cc1. The number of nitrogens with zero attached hydrogens (tertiary/aromatic N) is 2. The number of halogens is 3. The summed E-state index contributed by atoms with van der Waals surface area (Å²) < 4.78 is 42.0.